The zero-order chi connectivity index (χ0) is 15.7. The molecular formula is C14H10Cl2N4O2. The number of fused-ring (bicyclic) bond motifs is 1. The van der Waals surface area contributed by atoms with E-state index in [9.17, 15) is 4.79 Å². The number of ether oxygens (including phenoxy) is 1. The van der Waals surface area contributed by atoms with Gasteiger partial charge in [-0.05, 0) is 29.3 Å². The molecule has 2 aromatic heterocycles. The molecule has 0 amide bonds. The van der Waals surface area contributed by atoms with Crippen LogP contribution in [0.2, 0.25) is 10.4 Å². The van der Waals surface area contributed by atoms with Crippen LogP contribution in [0.3, 0.4) is 0 Å². The number of esters is 1. The molecular weight excluding hydrogens is 327 g/mol. The topological polar surface area (TPSA) is 69.9 Å². The number of imidazole rings is 1. The van der Waals surface area contributed by atoms with Crippen LogP contribution in [0, 0.1) is 0 Å². The highest BCUT2D eigenvalue weighted by Crippen LogP contribution is 2.21. The molecule has 8 heteroatoms. The second kappa shape index (κ2) is 5.90. The van der Waals surface area contributed by atoms with Gasteiger partial charge in [-0.25, -0.2) is 14.8 Å². The van der Waals surface area contributed by atoms with E-state index in [4.69, 9.17) is 23.2 Å². The number of carbonyl (C=O) groups is 1. The van der Waals surface area contributed by atoms with E-state index in [1.54, 1.807) is 18.5 Å². The third-order valence-corrected chi connectivity index (χ3v) is 3.55. The van der Waals surface area contributed by atoms with Crippen molar-refractivity contribution >= 4 is 40.3 Å². The van der Waals surface area contributed by atoms with Crippen molar-refractivity contribution in [2.75, 3.05) is 7.11 Å². The Hall–Kier alpha value is -2.18. The summed E-state index contributed by atoms with van der Waals surface area (Å²) in [6.07, 6.45) is 1.62. The molecule has 0 aliphatic carbocycles. The van der Waals surface area contributed by atoms with Gasteiger partial charge in [0.1, 0.15) is 5.52 Å². The molecule has 0 spiro atoms. The van der Waals surface area contributed by atoms with Gasteiger partial charge in [-0.3, -0.25) is 0 Å². The van der Waals surface area contributed by atoms with Crippen LogP contribution < -0.4 is 0 Å². The summed E-state index contributed by atoms with van der Waals surface area (Å²) < 4.78 is 6.47. The first-order chi connectivity index (χ1) is 10.6. The third kappa shape index (κ3) is 2.75. The molecule has 0 atom stereocenters. The van der Waals surface area contributed by atoms with Gasteiger partial charge in [0.15, 0.2) is 10.8 Å². The Labute approximate surface area is 135 Å². The quantitative estimate of drug-likeness (QED) is 0.417. The Morgan fingerprint density at radius 2 is 1.95 bits per heavy atom. The lowest BCUT2D eigenvalue weighted by atomic mass is 10.1. The Morgan fingerprint density at radius 1 is 1.23 bits per heavy atom. The maximum absolute atomic E-state index is 11.4. The maximum atomic E-state index is 11.4. The molecule has 0 aliphatic heterocycles. The summed E-state index contributed by atoms with van der Waals surface area (Å²) in [4.78, 5) is 23.6. The van der Waals surface area contributed by atoms with Crippen molar-refractivity contribution in [2.45, 2.75) is 6.54 Å². The minimum absolute atomic E-state index is 0.0697. The Balaban J connectivity index is 1.92. The normalized spacial score (nSPS) is 10.9. The molecule has 0 bridgehead atoms. The van der Waals surface area contributed by atoms with Gasteiger partial charge in [-0.1, -0.05) is 23.7 Å². The second-order valence-corrected chi connectivity index (χ2v) is 5.21. The van der Waals surface area contributed by atoms with Gasteiger partial charge in [-0.2, -0.15) is 4.98 Å². The van der Waals surface area contributed by atoms with Crippen LogP contribution in [0.5, 0.6) is 0 Å². The minimum Gasteiger partial charge on any atom is -0.465 e. The van der Waals surface area contributed by atoms with Gasteiger partial charge in [0.2, 0.25) is 5.28 Å². The molecule has 0 fully saturated rings. The highest BCUT2D eigenvalue weighted by Gasteiger charge is 2.11. The standard InChI is InChI=1S/C14H10Cl2N4O2/c1-22-13(21)9-4-2-8(3-5-9)6-20-7-17-10-11(15)18-14(16)19-12(10)20/h2-5,7H,6H2,1H3. The van der Waals surface area contributed by atoms with Gasteiger partial charge in [0.25, 0.3) is 0 Å². The van der Waals surface area contributed by atoms with E-state index in [1.807, 2.05) is 16.7 Å². The Kier molecular flexibility index (Phi) is 3.96. The van der Waals surface area contributed by atoms with Crippen molar-refractivity contribution < 1.29 is 9.53 Å². The summed E-state index contributed by atoms with van der Waals surface area (Å²) >= 11 is 11.8. The van der Waals surface area contributed by atoms with E-state index in [1.165, 1.54) is 7.11 Å². The molecule has 3 aromatic rings. The SMILES string of the molecule is COC(=O)c1ccc(Cn2cnc3c(Cl)nc(Cl)nc32)cc1. The predicted octanol–water partition coefficient (Wildman–Crippen LogP) is 2.97. The largest absolute Gasteiger partial charge is 0.465 e. The van der Waals surface area contributed by atoms with Gasteiger partial charge in [-0.15, -0.1) is 0 Å². The van der Waals surface area contributed by atoms with Crippen molar-refractivity contribution in [3.05, 3.63) is 52.2 Å². The molecule has 22 heavy (non-hydrogen) atoms. The summed E-state index contributed by atoms with van der Waals surface area (Å²) in [6.45, 7) is 0.515. The van der Waals surface area contributed by atoms with Gasteiger partial charge in [0.05, 0.1) is 25.5 Å². The fraction of sp³-hybridized carbons (Fsp3) is 0.143. The van der Waals surface area contributed by atoms with E-state index < -0.39 is 0 Å². The lowest BCUT2D eigenvalue weighted by molar-refractivity contribution is 0.0600. The van der Waals surface area contributed by atoms with Crippen molar-refractivity contribution in [1.82, 2.24) is 19.5 Å². The fourth-order valence-corrected chi connectivity index (χ4v) is 2.48. The molecule has 3 rings (SSSR count). The van der Waals surface area contributed by atoms with Crippen molar-refractivity contribution in [3.63, 3.8) is 0 Å². The molecule has 0 N–H and O–H groups in total. The first kappa shape index (κ1) is 14.7. The maximum Gasteiger partial charge on any atom is 0.337 e. The van der Waals surface area contributed by atoms with E-state index in [2.05, 4.69) is 19.7 Å². The lowest BCUT2D eigenvalue weighted by Gasteiger charge is -2.05. The number of methoxy groups -OCH3 is 1. The van der Waals surface area contributed by atoms with E-state index >= 15 is 0 Å². The monoisotopic (exact) mass is 336 g/mol. The fourth-order valence-electron chi connectivity index (χ4n) is 2.06. The minimum atomic E-state index is -0.370. The summed E-state index contributed by atoms with van der Waals surface area (Å²) in [7, 11) is 1.35. The average Bonchev–Trinajstić information content (AvgIpc) is 2.90. The van der Waals surface area contributed by atoms with Crippen molar-refractivity contribution in [1.29, 1.82) is 0 Å². The van der Waals surface area contributed by atoms with Crippen LogP contribution in [0.25, 0.3) is 11.2 Å². The molecule has 1 aromatic carbocycles. The van der Waals surface area contributed by atoms with E-state index in [-0.39, 0.29) is 16.4 Å². The van der Waals surface area contributed by atoms with Crippen LogP contribution >= 0.6 is 23.2 Å². The Bertz CT molecular complexity index is 846. The Morgan fingerprint density at radius 3 is 2.64 bits per heavy atom. The van der Waals surface area contributed by atoms with Gasteiger partial charge in [0, 0.05) is 0 Å². The summed E-state index contributed by atoms with van der Waals surface area (Å²) in [5, 5.41) is 0.287. The average molecular weight is 337 g/mol. The first-order valence-electron chi connectivity index (χ1n) is 6.29. The van der Waals surface area contributed by atoms with Crippen LogP contribution in [-0.2, 0) is 11.3 Å². The number of carbonyl (C=O) groups excluding carboxylic acids is 1. The zero-order valence-electron chi connectivity index (χ0n) is 11.5. The number of nitrogens with zero attached hydrogens (tertiary/aromatic N) is 4. The molecule has 0 saturated carbocycles. The van der Waals surface area contributed by atoms with Crippen molar-refractivity contribution in [2.24, 2.45) is 0 Å². The molecule has 6 nitrogen and oxygen atoms in total. The predicted molar refractivity (Wildman–Crippen MR) is 82.2 cm³/mol. The molecule has 0 aliphatic rings. The highest BCUT2D eigenvalue weighted by atomic mass is 35.5. The van der Waals surface area contributed by atoms with Crippen molar-refractivity contribution in [3.8, 4) is 0 Å². The molecule has 0 radical (unpaired) electrons. The number of halogens is 2. The van der Waals surface area contributed by atoms with E-state index in [0.717, 1.165) is 5.56 Å². The number of rotatable bonds is 3. The number of hydrogen-bond donors (Lipinski definition) is 0. The molecule has 112 valence electrons. The first-order valence-corrected chi connectivity index (χ1v) is 7.05. The number of benzene rings is 1. The molecule has 0 saturated heterocycles. The highest BCUT2D eigenvalue weighted by molar-refractivity contribution is 6.35. The third-order valence-electron chi connectivity index (χ3n) is 3.12. The molecule has 2 heterocycles. The summed E-state index contributed by atoms with van der Waals surface area (Å²) in [5.74, 6) is -0.370. The van der Waals surface area contributed by atoms with Crippen LogP contribution in [0.15, 0.2) is 30.6 Å². The summed E-state index contributed by atoms with van der Waals surface area (Å²) in [5.41, 5.74) is 2.52. The lowest BCUT2D eigenvalue weighted by Crippen LogP contribution is -2.03. The number of hydrogen-bond acceptors (Lipinski definition) is 5. The number of aromatic nitrogens is 4. The van der Waals surface area contributed by atoms with Crippen LogP contribution in [-0.4, -0.2) is 32.6 Å². The van der Waals surface area contributed by atoms with Crippen LogP contribution in [0.1, 0.15) is 15.9 Å². The van der Waals surface area contributed by atoms with Gasteiger partial charge < -0.3 is 9.30 Å². The van der Waals surface area contributed by atoms with Crippen LogP contribution in [0.4, 0.5) is 0 Å². The summed E-state index contributed by atoms with van der Waals surface area (Å²) in [6, 6.07) is 7.08. The van der Waals surface area contributed by atoms with Gasteiger partial charge >= 0.3 is 5.97 Å². The molecule has 0 unspecified atom stereocenters. The van der Waals surface area contributed by atoms with E-state index in [0.29, 0.717) is 23.3 Å². The second-order valence-electron chi connectivity index (χ2n) is 4.52. The zero-order valence-corrected chi connectivity index (χ0v) is 13.0. The smallest absolute Gasteiger partial charge is 0.337 e.